The van der Waals surface area contributed by atoms with Crippen molar-refractivity contribution in [1.82, 2.24) is 5.32 Å². The van der Waals surface area contributed by atoms with Crippen LogP contribution in [-0.4, -0.2) is 56.3 Å². The molecule has 186 valence electrons. The third kappa shape index (κ3) is 7.23. The first-order chi connectivity index (χ1) is 15.7. The van der Waals surface area contributed by atoms with Crippen LogP contribution >= 0.6 is 0 Å². The molecule has 3 rings (SSSR count). The van der Waals surface area contributed by atoms with Crippen LogP contribution in [0.3, 0.4) is 0 Å². The van der Waals surface area contributed by atoms with E-state index in [9.17, 15) is 26.4 Å². The molecule has 0 radical (unpaired) electrons. The predicted octanol–water partition coefficient (Wildman–Crippen LogP) is 3.94. The predicted molar refractivity (Wildman–Crippen MR) is 112 cm³/mol. The number of alkyl halides is 3. The molecule has 13 heteroatoms. The van der Waals surface area contributed by atoms with Crippen LogP contribution in [0.1, 0.15) is 13.8 Å². The highest BCUT2D eigenvalue weighted by atomic mass is 32.2. The lowest BCUT2D eigenvalue weighted by Crippen LogP contribution is -2.48. The van der Waals surface area contributed by atoms with E-state index in [-0.39, 0.29) is 23.0 Å². The average Bonchev–Trinajstić information content (AvgIpc) is 3.08. The molecule has 0 unspecified atom stereocenters. The summed E-state index contributed by atoms with van der Waals surface area (Å²) in [4.78, 5) is 11.1. The van der Waals surface area contributed by atoms with Crippen molar-refractivity contribution in [3.8, 4) is 17.2 Å². The summed E-state index contributed by atoms with van der Waals surface area (Å²) in [6.45, 7) is 3.29. The molecule has 2 aromatic rings. The van der Waals surface area contributed by atoms with Crippen molar-refractivity contribution in [2.45, 2.75) is 43.0 Å². The van der Waals surface area contributed by atoms with Crippen LogP contribution < -0.4 is 14.8 Å². The number of halogens is 3. The second kappa shape index (κ2) is 9.68. The number of rotatable bonds is 8. The van der Waals surface area contributed by atoms with Gasteiger partial charge in [-0.05, 0) is 62.4 Å². The van der Waals surface area contributed by atoms with Crippen LogP contribution in [0.15, 0.2) is 53.4 Å². The molecule has 1 saturated heterocycles. The van der Waals surface area contributed by atoms with Gasteiger partial charge in [0.25, 0.3) is 0 Å². The van der Waals surface area contributed by atoms with E-state index >= 15 is 0 Å². The average molecular weight is 505 g/mol. The number of nitrogens with one attached hydrogen (secondary N) is 1. The van der Waals surface area contributed by atoms with E-state index in [1.807, 2.05) is 0 Å². The molecule has 1 fully saturated rings. The molecule has 9 nitrogen and oxygen atoms in total. The maximum Gasteiger partial charge on any atom is 0.573 e. The van der Waals surface area contributed by atoms with Gasteiger partial charge >= 0.3 is 12.5 Å². The van der Waals surface area contributed by atoms with E-state index in [1.165, 1.54) is 36.4 Å². The van der Waals surface area contributed by atoms with Crippen molar-refractivity contribution in [3.05, 3.63) is 48.5 Å². The molecular formula is C21H22F3NO8S. The number of hydrogen-bond donors (Lipinski definition) is 2. The molecule has 2 N–H and O–H groups in total. The van der Waals surface area contributed by atoms with Gasteiger partial charge in [0.1, 0.15) is 23.4 Å². The Morgan fingerprint density at radius 1 is 1.12 bits per heavy atom. The zero-order valence-corrected chi connectivity index (χ0v) is 18.9. The van der Waals surface area contributed by atoms with Crippen molar-refractivity contribution in [1.29, 1.82) is 0 Å². The summed E-state index contributed by atoms with van der Waals surface area (Å²) in [5, 5.41) is 11.3. The van der Waals surface area contributed by atoms with Gasteiger partial charge in [0.15, 0.2) is 15.6 Å². The maximum atomic E-state index is 12.9. The number of benzene rings is 2. The Balaban J connectivity index is 1.68. The monoisotopic (exact) mass is 505 g/mol. The van der Waals surface area contributed by atoms with Gasteiger partial charge < -0.3 is 29.4 Å². The molecule has 1 amide bonds. The molecule has 0 aromatic heterocycles. The Kier molecular flexibility index (Phi) is 7.29. The van der Waals surface area contributed by atoms with Gasteiger partial charge in [-0.25, -0.2) is 13.2 Å². The molecule has 1 aliphatic heterocycles. The second-order valence-corrected chi connectivity index (χ2v) is 9.83. The smallest absolute Gasteiger partial charge is 0.465 e. The van der Waals surface area contributed by atoms with E-state index in [0.717, 1.165) is 12.1 Å². The number of sulfone groups is 1. The number of hydrogen-bond acceptors (Lipinski definition) is 7. The van der Waals surface area contributed by atoms with Crippen LogP contribution in [0.2, 0.25) is 0 Å². The highest BCUT2D eigenvalue weighted by molar-refractivity contribution is 7.91. The van der Waals surface area contributed by atoms with Crippen LogP contribution in [0.25, 0.3) is 0 Å². The molecule has 0 saturated carbocycles. The zero-order valence-electron chi connectivity index (χ0n) is 18.0. The van der Waals surface area contributed by atoms with E-state index in [2.05, 4.69) is 10.1 Å². The van der Waals surface area contributed by atoms with E-state index in [4.69, 9.17) is 19.3 Å². The summed E-state index contributed by atoms with van der Waals surface area (Å²) >= 11 is 0. The fourth-order valence-corrected chi connectivity index (χ4v) is 4.72. The number of amides is 1. The fourth-order valence-electron chi connectivity index (χ4n) is 3.21. The van der Waals surface area contributed by atoms with Gasteiger partial charge in [0, 0.05) is 0 Å². The Hall–Kier alpha value is -3.03. The minimum atomic E-state index is -4.81. The topological polar surface area (TPSA) is 120 Å². The van der Waals surface area contributed by atoms with Crippen LogP contribution in [0.4, 0.5) is 18.0 Å². The normalized spacial score (nSPS) is 18.8. The van der Waals surface area contributed by atoms with Crippen LogP contribution in [0.5, 0.6) is 17.2 Å². The van der Waals surface area contributed by atoms with Gasteiger partial charge in [0.2, 0.25) is 0 Å². The Morgan fingerprint density at radius 2 is 1.65 bits per heavy atom. The minimum absolute atomic E-state index is 0.0209. The van der Waals surface area contributed by atoms with Crippen molar-refractivity contribution in [2.24, 2.45) is 0 Å². The highest BCUT2D eigenvalue weighted by Gasteiger charge is 2.40. The first kappa shape index (κ1) is 25.6. The standard InChI is InChI=1S/C21H22F3NO8S/c1-20(2)30-11-18(33-20)17(25-19(26)27)12-34(28,29)16-9-7-14(8-10-16)31-13-3-5-15(6-4-13)32-21(22,23)24/h3-10,17-18,25H,11-12H2,1-2H3,(H,26,27)/t17-,18+/m0/s1. The van der Waals surface area contributed by atoms with Crippen molar-refractivity contribution < 1.29 is 50.4 Å². The summed E-state index contributed by atoms with van der Waals surface area (Å²) in [5.74, 6) is -1.51. The number of ether oxygens (including phenoxy) is 4. The van der Waals surface area contributed by atoms with Gasteiger partial charge in [-0.1, -0.05) is 0 Å². The molecule has 2 atom stereocenters. The van der Waals surface area contributed by atoms with Crippen LogP contribution in [-0.2, 0) is 19.3 Å². The minimum Gasteiger partial charge on any atom is -0.465 e. The van der Waals surface area contributed by atoms with Crippen molar-refractivity contribution in [3.63, 3.8) is 0 Å². The molecule has 0 spiro atoms. The fraction of sp³-hybridized carbons (Fsp3) is 0.381. The van der Waals surface area contributed by atoms with Gasteiger partial charge in [-0.2, -0.15) is 0 Å². The second-order valence-electron chi connectivity index (χ2n) is 7.80. The Labute approximate surface area is 193 Å². The Bertz CT molecular complexity index is 1100. The Morgan fingerprint density at radius 3 is 2.12 bits per heavy atom. The lowest BCUT2D eigenvalue weighted by Gasteiger charge is -2.24. The SMILES string of the molecule is CC1(C)OC[C@H]([C@H](CS(=O)(=O)c2ccc(Oc3ccc(OC(F)(F)F)cc3)cc2)NC(=O)O)O1. The van der Waals surface area contributed by atoms with Crippen LogP contribution in [0, 0.1) is 0 Å². The largest absolute Gasteiger partial charge is 0.573 e. The summed E-state index contributed by atoms with van der Waals surface area (Å²) in [6.07, 6.45) is -7.01. The van der Waals surface area contributed by atoms with E-state index in [1.54, 1.807) is 13.8 Å². The van der Waals surface area contributed by atoms with Crippen molar-refractivity contribution in [2.75, 3.05) is 12.4 Å². The molecule has 0 aliphatic carbocycles. The summed E-state index contributed by atoms with van der Waals surface area (Å²) in [5.41, 5.74) is 0. The first-order valence-corrected chi connectivity index (χ1v) is 11.6. The summed E-state index contributed by atoms with van der Waals surface area (Å²) in [7, 11) is -3.93. The molecule has 2 aromatic carbocycles. The third-order valence-electron chi connectivity index (χ3n) is 4.66. The lowest BCUT2D eigenvalue weighted by molar-refractivity contribution is -0.274. The number of carbonyl (C=O) groups is 1. The maximum absolute atomic E-state index is 12.9. The molecular weight excluding hydrogens is 483 g/mol. The quantitative estimate of drug-likeness (QED) is 0.554. The summed E-state index contributed by atoms with van der Waals surface area (Å²) < 4.78 is 82.8. The van der Waals surface area contributed by atoms with E-state index in [0.29, 0.717) is 0 Å². The van der Waals surface area contributed by atoms with E-state index < -0.39 is 51.7 Å². The first-order valence-electron chi connectivity index (χ1n) is 9.90. The molecule has 0 bridgehead atoms. The highest BCUT2D eigenvalue weighted by Crippen LogP contribution is 2.29. The lowest BCUT2D eigenvalue weighted by atomic mass is 10.2. The molecule has 1 aliphatic rings. The molecule has 34 heavy (non-hydrogen) atoms. The summed E-state index contributed by atoms with van der Waals surface area (Å²) in [6, 6.07) is 8.89. The third-order valence-corrected chi connectivity index (χ3v) is 6.45. The van der Waals surface area contributed by atoms with Gasteiger partial charge in [-0.15, -0.1) is 13.2 Å². The van der Waals surface area contributed by atoms with Gasteiger partial charge in [0.05, 0.1) is 23.3 Å². The molecule has 1 heterocycles. The van der Waals surface area contributed by atoms with Crippen molar-refractivity contribution >= 4 is 15.9 Å². The van der Waals surface area contributed by atoms with Gasteiger partial charge in [-0.3, -0.25) is 0 Å². The number of carboxylic acid groups (broad SMARTS) is 1. The zero-order chi connectivity index (χ0) is 25.1.